The van der Waals surface area contributed by atoms with Gasteiger partial charge in [0.05, 0.1) is 6.61 Å². The summed E-state index contributed by atoms with van der Waals surface area (Å²) in [4.78, 5) is 10.3. The van der Waals surface area contributed by atoms with E-state index in [1.54, 1.807) is 12.1 Å². The molecule has 1 aromatic rings. The van der Waals surface area contributed by atoms with Gasteiger partial charge in [0.2, 0.25) is 0 Å². The average molecular weight is 178 g/mol. The molecule has 0 saturated heterocycles. The van der Waals surface area contributed by atoms with Crippen LogP contribution in [0.2, 0.25) is 0 Å². The van der Waals surface area contributed by atoms with Crippen LogP contribution in [0.4, 0.5) is 0 Å². The van der Waals surface area contributed by atoms with E-state index in [-0.39, 0.29) is 0 Å². The summed E-state index contributed by atoms with van der Waals surface area (Å²) >= 11 is 0. The number of hydrogen-bond donors (Lipinski definition) is 1. The Kier molecular flexibility index (Phi) is 2.02. The first kappa shape index (κ1) is 8.26. The lowest BCUT2D eigenvalue weighted by Gasteiger charge is -2.04. The van der Waals surface area contributed by atoms with Crippen LogP contribution in [0.15, 0.2) is 18.2 Å². The number of aldehydes is 1. The van der Waals surface area contributed by atoms with Gasteiger partial charge in [0, 0.05) is 6.42 Å². The molecule has 0 aromatic heterocycles. The maximum Gasteiger partial charge on any atom is 0.153 e. The number of ether oxygens (including phenoxy) is 1. The van der Waals surface area contributed by atoms with Gasteiger partial charge in [0.1, 0.15) is 11.9 Å². The number of fused-ring (bicyclic) bond motifs is 1. The summed E-state index contributed by atoms with van der Waals surface area (Å²) < 4.78 is 5.30. The molecule has 1 aliphatic heterocycles. The fraction of sp³-hybridized carbons (Fsp3) is 0.300. The Hall–Kier alpha value is -1.35. The van der Waals surface area contributed by atoms with Crippen LogP contribution in [0.3, 0.4) is 0 Å². The number of aliphatic hydroxyl groups excluding tert-OH is 1. The van der Waals surface area contributed by atoms with Gasteiger partial charge in [0.15, 0.2) is 6.29 Å². The molecule has 0 spiro atoms. The second-order valence-corrected chi connectivity index (χ2v) is 3.05. The first-order chi connectivity index (χ1) is 6.31. The van der Waals surface area contributed by atoms with Crippen molar-refractivity contribution in [3.05, 3.63) is 29.3 Å². The molecular weight excluding hydrogens is 168 g/mol. The van der Waals surface area contributed by atoms with Gasteiger partial charge in [-0.15, -0.1) is 0 Å². The fourth-order valence-electron chi connectivity index (χ4n) is 1.47. The van der Waals surface area contributed by atoms with E-state index in [1.807, 2.05) is 6.07 Å². The largest absolute Gasteiger partial charge is 0.493 e. The lowest BCUT2D eigenvalue weighted by atomic mass is 10.1. The maximum absolute atomic E-state index is 10.3. The van der Waals surface area contributed by atoms with Crippen molar-refractivity contribution in [3.8, 4) is 5.75 Å². The van der Waals surface area contributed by atoms with Gasteiger partial charge in [-0.25, -0.2) is 0 Å². The van der Waals surface area contributed by atoms with Crippen LogP contribution >= 0.6 is 0 Å². The molecule has 1 atom stereocenters. The Morgan fingerprint density at radius 3 is 3.15 bits per heavy atom. The lowest BCUT2D eigenvalue weighted by Crippen LogP contribution is -1.98. The van der Waals surface area contributed by atoms with Crippen molar-refractivity contribution in [2.24, 2.45) is 0 Å². The summed E-state index contributed by atoms with van der Waals surface area (Å²) in [7, 11) is 0. The van der Waals surface area contributed by atoms with Crippen LogP contribution in [0.25, 0.3) is 0 Å². The van der Waals surface area contributed by atoms with Crippen molar-refractivity contribution in [3.63, 3.8) is 0 Å². The second kappa shape index (κ2) is 3.18. The number of carbonyl (C=O) groups excluding carboxylic acids is 1. The number of benzene rings is 1. The third-order valence-electron chi connectivity index (χ3n) is 2.18. The summed E-state index contributed by atoms with van der Waals surface area (Å²) in [6, 6.07) is 5.33. The van der Waals surface area contributed by atoms with Crippen LogP contribution in [0, 0.1) is 0 Å². The minimum absolute atomic E-state index is 0.525. The molecule has 68 valence electrons. The third kappa shape index (κ3) is 1.42. The van der Waals surface area contributed by atoms with Crippen molar-refractivity contribution in [2.75, 3.05) is 6.61 Å². The van der Waals surface area contributed by atoms with Gasteiger partial charge in [-0.05, 0) is 23.3 Å². The van der Waals surface area contributed by atoms with Crippen LogP contribution in [0.5, 0.6) is 5.75 Å². The van der Waals surface area contributed by atoms with E-state index in [4.69, 9.17) is 4.74 Å². The van der Waals surface area contributed by atoms with E-state index in [9.17, 15) is 9.90 Å². The zero-order valence-electron chi connectivity index (χ0n) is 7.06. The topological polar surface area (TPSA) is 46.5 Å². The monoisotopic (exact) mass is 178 g/mol. The Bertz CT molecular complexity index is 333. The van der Waals surface area contributed by atoms with Gasteiger partial charge in [-0.1, -0.05) is 6.07 Å². The second-order valence-electron chi connectivity index (χ2n) is 3.05. The molecule has 0 fully saturated rings. The standard InChI is InChI=1S/C10H10O3/c11-6-9(12)7-1-2-10-8(5-7)3-4-13-10/h1-2,5-6,9,12H,3-4H2. The molecule has 0 bridgehead atoms. The third-order valence-corrected chi connectivity index (χ3v) is 2.18. The SMILES string of the molecule is O=CC(O)c1ccc2c(c1)CCO2. The van der Waals surface area contributed by atoms with E-state index in [1.165, 1.54) is 0 Å². The summed E-state index contributed by atoms with van der Waals surface area (Å²) in [5.74, 6) is 0.863. The van der Waals surface area contributed by atoms with Gasteiger partial charge in [-0.3, -0.25) is 0 Å². The highest BCUT2D eigenvalue weighted by Gasteiger charge is 2.14. The van der Waals surface area contributed by atoms with Crippen molar-refractivity contribution in [1.29, 1.82) is 0 Å². The number of hydrogen-bond acceptors (Lipinski definition) is 3. The highest BCUT2D eigenvalue weighted by Crippen LogP contribution is 2.27. The molecule has 13 heavy (non-hydrogen) atoms. The minimum Gasteiger partial charge on any atom is -0.493 e. The summed E-state index contributed by atoms with van der Waals surface area (Å²) in [5, 5.41) is 9.25. The average Bonchev–Trinajstić information content (AvgIpc) is 2.63. The van der Waals surface area contributed by atoms with Gasteiger partial charge in [-0.2, -0.15) is 0 Å². The normalized spacial score (nSPS) is 16.1. The van der Waals surface area contributed by atoms with Gasteiger partial charge < -0.3 is 14.6 Å². The molecule has 1 heterocycles. The van der Waals surface area contributed by atoms with Gasteiger partial charge >= 0.3 is 0 Å². The zero-order valence-corrected chi connectivity index (χ0v) is 7.06. The molecular formula is C10H10O3. The molecule has 1 N–H and O–H groups in total. The highest BCUT2D eigenvalue weighted by atomic mass is 16.5. The predicted octanol–water partition coefficient (Wildman–Crippen LogP) is 0.854. The molecule has 0 aliphatic carbocycles. The Balaban J connectivity index is 2.35. The van der Waals surface area contributed by atoms with Crippen LogP contribution in [-0.2, 0) is 11.2 Å². The smallest absolute Gasteiger partial charge is 0.153 e. The molecule has 1 aliphatic rings. The van der Waals surface area contributed by atoms with E-state index in [0.29, 0.717) is 18.5 Å². The maximum atomic E-state index is 10.3. The van der Waals surface area contributed by atoms with Crippen molar-refractivity contribution in [1.82, 2.24) is 0 Å². The summed E-state index contributed by atoms with van der Waals surface area (Å²) in [6.07, 6.45) is 0.373. The first-order valence-corrected chi connectivity index (χ1v) is 4.20. The number of carbonyl (C=O) groups is 1. The van der Waals surface area contributed by atoms with E-state index in [0.717, 1.165) is 17.7 Å². The highest BCUT2D eigenvalue weighted by molar-refractivity contribution is 5.60. The van der Waals surface area contributed by atoms with Crippen LogP contribution < -0.4 is 4.74 Å². The quantitative estimate of drug-likeness (QED) is 0.683. The number of rotatable bonds is 2. The first-order valence-electron chi connectivity index (χ1n) is 4.20. The van der Waals surface area contributed by atoms with Crippen molar-refractivity contribution in [2.45, 2.75) is 12.5 Å². The zero-order chi connectivity index (χ0) is 9.26. The Morgan fingerprint density at radius 2 is 2.38 bits per heavy atom. The Labute approximate surface area is 76.0 Å². The van der Waals surface area contributed by atoms with E-state index < -0.39 is 6.10 Å². The summed E-state index contributed by atoms with van der Waals surface area (Å²) in [6.45, 7) is 0.690. The molecule has 0 radical (unpaired) electrons. The molecule has 0 amide bonds. The van der Waals surface area contributed by atoms with Crippen LogP contribution in [-0.4, -0.2) is 18.0 Å². The summed E-state index contributed by atoms with van der Waals surface area (Å²) in [5.41, 5.74) is 1.71. The molecule has 3 nitrogen and oxygen atoms in total. The lowest BCUT2D eigenvalue weighted by molar-refractivity contribution is -0.115. The van der Waals surface area contributed by atoms with E-state index >= 15 is 0 Å². The predicted molar refractivity (Wildman–Crippen MR) is 46.7 cm³/mol. The van der Waals surface area contributed by atoms with Gasteiger partial charge in [0.25, 0.3) is 0 Å². The minimum atomic E-state index is -1.01. The molecule has 1 unspecified atom stereocenters. The molecule has 1 aromatic carbocycles. The van der Waals surface area contributed by atoms with E-state index in [2.05, 4.69) is 0 Å². The molecule has 3 heteroatoms. The van der Waals surface area contributed by atoms with Crippen molar-refractivity contribution >= 4 is 6.29 Å². The van der Waals surface area contributed by atoms with Crippen molar-refractivity contribution < 1.29 is 14.6 Å². The fourth-order valence-corrected chi connectivity index (χ4v) is 1.47. The van der Waals surface area contributed by atoms with Crippen LogP contribution in [0.1, 0.15) is 17.2 Å². The molecule has 0 saturated carbocycles. The molecule has 2 rings (SSSR count). The number of aliphatic hydroxyl groups is 1. The Morgan fingerprint density at radius 1 is 1.54 bits per heavy atom.